The molecule has 40 heavy (non-hydrogen) atoms. The van der Waals surface area contributed by atoms with E-state index >= 15 is 0 Å². The van der Waals surface area contributed by atoms with Crippen LogP contribution in [0.5, 0.6) is 0 Å². The van der Waals surface area contributed by atoms with Gasteiger partial charge in [-0.15, -0.1) is 0 Å². The van der Waals surface area contributed by atoms with Crippen LogP contribution in [0, 0.1) is 6.92 Å². The van der Waals surface area contributed by atoms with E-state index in [1.165, 1.54) is 11.1 Å². The second-order valence-corrected chi connectivity index (χ2v) is 13.1. The van der Waals surface area contributed by atoms with Gasteiger partial charge in [-0.3, -0.25) is 4.79 Å². The van der Waals surface area contributed by atoms with Gasteiger partial charge in [0, 0.05) is 30.7 Å². The molecule has 2 aliphatic rings. The van der Waals surface area contributed by atoms with Crippen LogP contribution in [0.25, 0.3) is 0 Å². The van der Waals surface area contributed by atoms with Crippen LogP contribution in [-0.4, -0.2) is 51.1 Å². The monoisotopic (exact) mass is 606 g/mol. The van der Waals surface area contributed by atoms with Gasteiger partial charge >= 0.3 is 0 Å². The summed E-state index contributed by atoms with van der Waals surface area (Å²) in [5, 5.41) is 19.9. The van der Waals surface area contributed by atoms with Gasteiger partial charge < -0.3 is 26.0 Å². The molecule has 3 heterocycles. The molecule has 2 aromatic carbocycles. The van der Waals surface area contributed by atoms with Gasteiger partial charge in [0.05, 0.1) is 15.5 Å². The van der Waals surface area contributed by atoms with Crippen molar-refractivity contribution in [3.63, 3.8) is 0 Å². The Hall–Kier alpha value is -3.01. The quantitative estimate of drug-likeness (QED) is 0.246. The number of β-amino-alcohol motifs (C(OH)–C–C–N with tert-alkyl or cyclic N) is 1. The number of likely N-dealkylation sites (tertiary alicyclic amines) is 1. The molecule has 8 nitrogen and oxygen atoms in total. The minimum absolute atomic E-state index is 0.0159. The zero-order chi connectivity index (χ0) is 28.7. The zero-order valence-corrected chi connectivity index (χ0v) is 25.5. The van der Waals surface area contributed by atoms with Gasteiger partial charge in [0.2, 0.25) is 11.9 Å². The number of rotatable bonds is 8. The Kier molecular flexibility index (Phi) is 7.92. The van der Waals surface area contributed by atoms with Gasteiger partial charge in [-0.05, 0) is 123 Å². The average Bonchev–Trinajstić information content (AvgIpc) is 3.12. The van der Waals surface area contributed by atoms with Crippen molar-refractivity contribution in [3.05, 3.63) is 69.3 Å². The number of hydrogen-bond acceptors (Lipinski definition) is 7. The first kappa shape index (κ1) is 28.5. The summed E-state index contributed by atoms with van der Waals surface area (Å²) in [5.74, 6) is 1.73. The van der Waals surface area contributed by atoms with Crippen molar-refractivity contribution in [2.75, 3.05) is 35.6 Å². The first-order valence-corrected chi connectivity index (χ1v) is 14.7. The number of carbonyl (C=O) groups is 1. The van der Waals surface area contributed by atoms with Gasteiger partial charge in [-0.2, -0.15) is 4.98 Å². The number of nitrogens with one attached hydrogen (secondary N) is 3. The SMILES string of the molecule is Cc1cc(Nc2ncc(Br)c(NCc3cccc4c3C(C)(C)C(=O)N4)n2)ccc1C1CCN(CC(C)(C)O)CC1. The number of piperidine rings is 1. The fourth-order valence-electron chi connectivity index (χ4n) is 6.00. The molecular formula is C31H39BrN6O2. The van der Waals surface area contributed by atoms with E-state index in [0.717, 1.165) is 52.9 Å². The minimum atomic E-state index is -0.656. The number of aliphatic hydroxyl groups is 1. The third kappa shape index (κ3) is 6.16. The molecule has 0 atom stereocenters. The fourth-order valence-corrected chi connectivity index (χ4v) is 6.33. The Labute approximate surface area is 245 Å². The number of hydrogen-bond donors (Lipinski definition) is 4. The molecule has 0 radical (unpaired) electrons. The lowest BCUT2D eigenvalue weighted by Crippen LogP contribution is -2.42. The highest BCUT2D eigenvalue weighted by atomic mass is 79.9. The minimum Gasteiger partial charge on any atom is -0.389 e. The molecule has 2 aliphatic heterocycles. The Morgan fingerprint density at radius 1 is 1.20 bits per heavy atom. The van der Waals surface area contributed by atoms with Crippen molar-refractivity contribution >= 4 is 45.0 Å². The smallest absolute Gasteiger partial charge is 0.234 e. The number of aryl methyl sites for hydroxylation is 1. The van der Waals surface area contributed by atoms with Crippen molar-refractivity contribution in [2.45, 2.75) is 70.9 Å². The Morgan fingerprint density at radius 3 is 2.65 bits per heavy atom. The summed E-state index contributed by atoms with van der Waals surface area (Å²) in [6.45, 7) is 13.1. The number of nitrogens with zero attached hydrogens (tertiary/aromatic N) is 3. The van der Waals surface area contributed by atoms with Crippen LogP contribution in [0.2, 0.25) is 0 Å². The van der Waals surface area contributed by atoms with E-state index in [0.29, 0.717) is 30.8 Å². The number of fused-ring (bicyclic) bond motifs is 1. The van der Waals surface area contributed by atoms with Crippen molar-refractivity contribution in [1.82, 2.24) is 14.9 Å². The van der Waals surface area contributed by atoms with Crippen molar-refractivity contribution < 1.29 is 9.90 Å². The summed E-state index contributed by atoms with van der Waals surface area (Å²) in [7, 11) is 0. The number of amides is 1. The summed E-state index contributed by atoms with van der Waals surface area (Å²) in [6.07, 6.45) is 3.94. The van der Waals surface area contributed by atoms with Gasteiger partial charge in [0.1, 0.15) is 5.82 Å². The predicted octanol–water partition coefficient (Wildman–Crippen LogP) is 6.08. The standard InChI is InChI=1S/C31H39BrN6O2/c1-19-15-22(9-10-23(19)20-11-13-38(14-12-20)18-30(2,3)40)35-29-34-17-24(32)27(37-29)33-16-21-7-6-8-25-26(21)31(4,5)28(39)36-25/h6-10,15,17,20,40H,11-14,16,18H2,1-5H3,(H,36,39)(H2,33,34,35,37). The largest absolute Gasteiger partial charge is 0.389 e. The third-order valence-electron chi connectivity index (χ3n) is 7.95. The maximum Gasteiger partial charge on any atom is 0.234 e. The second-order valence-electron chi connectivity index (χ2n) is 12.2. The van der Waals surface area contributed by atoms with Crippen molar-refractivity contribution in [2.24, 2.45) is 0 Å². The van der Waals surface area contributed by atoms with Crippen molar-refractivity contribution in [3.8, 4) is 0 Å². The summed E-state index contributed by atoms with van der Waals surface area (Å²) in [5.41, 5.74) is 5.30. The molecule has 0 unspecified atom stereocenters. The van der Waals surface area contributed by atoms with Crippen LogP contribution in [-0.2, 0) is 16.8 Å². The van der Waals surface area contributed by atoms with E-state index in [1.807, 2.05) is 45.9 Å². The normalized spacial score (nSPS) is 17.4. The van der Waals surface area contributed by atoms with E-state index in [2.05, 4.69) is 66.9 Å². The molecule has 4 N–H and O–H groups in total. The van der Waals surface area contributed by atoms with Crippen LogP contribution in [0.3, 0.4) is 0 Å². The molecular weight excluding hydrogens is 568 g/mol. The van der Waals surface area contributed by atoms with Crippen LogP contribution >= 0.6 is 15.9 Å². The summed E-state index contributed by atoms with van der Waals surface area (Å²) in [4.78, 5) is 24.0. The lowest BCUT2D eigenvalue weighted by Gasteiger charge is -2.36. The van der Waals surface area contributed by atoms with E-state index in [9.17, 15) is 9.90 Å². The fraction of sp³-hybridized carbons (Fsp3) is 0.452. The van der Waals surface area contributed by atoms with E-state index in [1.54, 1.807) is 6.20 Å². The number of anilines is 4. The molecule has 3 aromatic rings. The molecule has 1 amide bonds. The molecule has 0 aliphatic carbocycles. The average molecular weight is 608 g/mol. The van der Waals surface area contributed by atoms with E-state index < -0.39 is 11.0 Å². The highest BCUT2D eigenvalue weighted by molar-refractivity contribution is 9.10. The highest BCUT2D eigenvalue weighted by Crippen LogP contribution is 2.40. The molecule has 1 saturated heterocycles. The predicted molar refractivity (Wildman–Crippen MR) is 164 cm³/mol. The van der Waals surface area contributed by atoms with Crippen LogP contribution < -0.4 is 16.0 Å². The first-order chi connectivity index (χ1) is 18.9. The highest BCUT2D eigenvalue weighted by Gasteiger charge is 2.39. The number of benzene rings is 2. The van der Waals surface area contributed by atoms with Gasteiger partial charge in [-0.1, -0.05) is 18.2 Å². The molecule has 9 heteroatoms. The molecule has 1 aromatic heterocycles. The Bertz CT molecular complexity index is 1410. The molecule has 1 fully saturated rings. The Morgan fingerprint density at radius 2 is 1.95 bits per heavy atom. The van der Waals surface area contributed by atoms with Gasteiger partial charge in [0.25, 0.3) is 0 Å². The van der Waals surface area contributed by atoms with Crippen LogP contribution in [0.1, 0.15) is 68.7 Å². The topological polar surface area (TPSA) is 102 Å². The molecule has 0 bridgehead atoms. The number of carbonyl (C=O) groups excluding carboxylic acids is 1. The maximum atomic E-state index is 12.5. The van der Waals surface area contributed by atoms with E-state index in [4.69, 9.17) is 4.98 Å². The first-order valence-electron chi connectivity index (χ1n) is 13.9. The lowest BCUT2D eigenvalue weighted by atomic mass is 9.83. The zero-order valence-electron chi connectivity index (χ0n) is 23.9. The molecule has 0 saturated carbocycles. The second kappa shape index (κ2) is 11.1. The van der Waals surface area contributed by atoms with Crippen LogP contribution in [0.4, 0.5) is 23.1 Å². The van der Waals surface area contributed by atoms with Crippen molar-refractivity contribution in [1.29, 1.82) is 0 Å². The maximum absolute atomic E-state index is 12.5. The molecule has 212 valence electrons. The third-order valence-corrected chi connectivity index (χ3v) is 8.53. The Balaban J connectivity index is 1.24. The summed E-state index contributed by atoms with van der Waals surface area (Å²) >= 11 is 3.57. The summed E-state index contributed by atoms with van der Waals surface area (Å²) in [6, 6.07) is 12.4. The molecule has 0 spiro atoms. The molecule has 5 rings (SSSR count). The lowest BCUT2D eigenvalue weighted by molar-refractivity contribution is -0.119. The van der Waals surface area contributed by atoms with Crippen LogP contribution in [0.15, 0.2) is 47.1 Å². The number of halogens is 1. The van der Waals surface area contributed by atoms with Gasteiger partial charge in [-0.25, -0.2) is 4.98 Å². The number of aromatic nitrogens is 2. The summed E-state index contributed by atoms with van der Waals surface area (Å²) < 4.78 is 0.765. The van der Waals surface area contributed by atoms with E-state index in [-0.39, 0.29) is 5.91 Å². The van der Waals surface area contributed by atoms with Gasteiger partial charge in [0.15, 0.2) is 0 Å².